The van der Waals surface area contributed by atoms with Crippen molar-refractivity contribution in [1.29, 1.82) is 0 Å². The molecule has 0 aliphatic rings. The van der Waals surface area contributed by atoms with Crippen LogP contribution >= 0.6 is 11.6 Å². The number of aromatic nitrogens is 2. The molecule has 1 aromatic heterocycles. The molecule has 24 heavy (non-hydrogen) atoms. The van der Waals surface area contributed by atoms with Crippen LogP contribution in [0, 0.1) is 0 Å². The van der Waals surface area contributed by atoms with Crippen molar-refractivity contribution in [3.05, 3.63) is 65.5 Å². The highest BCUT2D eigenvalue weighted by molar-refractivity contribution is 6.50. The monoisotopic (exact) mass is 340 g/mol. The van der Waals surface area contributed by atoms with Crippen molar-refractivity contribution >= 4 is 22.7 Å². The molecule has 0 unspecified atom stereocenters. The molecule has 0 bridgehead atoms. The van der Waals surface area contributed by atoms with Gasteiger partial charge in [0.1, 0.15) is 10.8 Å². The van der Waals surface area contributed by atoms with E-state index in [2.05, 4.69) is 36.1 Å². The zero-order chi connectivity index (χ0) is 17.1. The average Bonchev–Trinajstić information content (AvgIpc) is 3.07. The molecule has 0 atom stereocenters. The maximum absolute atomic E-state index is 9.30. The molecular formula is C19H17ClN2O2. The number of benzene rings is 2. The smallest absolute Gasteiger partial charge is 0.269 e. The largest absolute Gasteiger partial charge is 0.508 e. The number of nitrogens with zero attached hydrogens (tertiary/aromatic N) is 2. The zero-order valence-corrected chi connectivity index (χ0v) is 14.2. The first-order chi connectivity index (χ1) is 11.5. The number of hydrogen-bond donors (Lipinski definition) is 1. The molecule has 0 amide bonds. The van der Waals surface area contributed by atoms with Gasteiger partial charge in [0.15, 0.2) is 0 Å². The fourth-order valence-corrected chi connectivity index (χ4v) is 2.44. The number of phenols is 1. The molecule has 0 spiro atoms. The molecule has 3 aromatic rings. The van der Waals surface area contributed by atoms with Gasteiger partial charge in [-0.25, -0.2) is 0 Å². The van der Waals surface area contributed by atoms with Gasteiger partial charge in [-0.05, 0) is 35.3 Å². The van der Waals surface area contributed by atoms with Gasteiger partial charge in [-0.1, -0.05) is 67.0 Å². The summed E-state index contributed by atoms with van der Waals surface area (Å²) in [4.78, 5) is 4.34. The van der Waals surface area contributed by atoms with Crippen LogP contribution in [-0.4, -0.2) is 15.2 Å². The maximum atomic E-state index is 9.30. The quantitative estimate of drug-likeness (QED) is 0.699. The van der Waals surface area contributed by atoms with Gasteiger partial charge < -0.3 is 9.63 Å². The molecule has 1 N–H and O–H groups in total. The molecule has 4 nitrogen and oxygen atoms in total. The van der Waals surface area contributed by atoms with Crippen LogP contribution in [0.15, 0.2) is 53.1 Å². The lowest BCUT2D eigenvalue weighted by Gasteiger charge is -2.04. The van der Waals surface area contributed by atoms with E-state index in [-0.39, 0.29) is 11.6 Å². The lowest BCUT2D eigenvalue weighted by atomic mass is 10.0. The van der Waals surface area contributed by atoms with Crippen LogP contribution in [0.3, 0.4) is 0 Å². The Morgan fingerprint density at radius 3 is 2.38 bits per heavy atom. The first-order valence-corrected chi connectivity index (χ1v) is 8.01. The SMILES string of the molecule is CC(C)c1ccc(-c2noc(/C(Cl)=C/c3ccc(O)cc3)n2)cc1. The summed E-state index contributed by atoms with van der Waals surface area (Å²) in [6.45, 7) is 4.30. The lowest BCUT2D eigenvalue weighted by molar-refractivity contribution is 0.410. The van der Waals surface area contributed by atoms with Crippen molar-refractivity contribution in [2.45, 2.75) is 19.8 Å². The van der Waals surface area contributed by atoms with E-state index in [9.17, 15) is 5.11 Å². The van der Waals surface area contributed by atoms with Crippen LogP contribution in [0.1, 0.15) is 36.8 Å². The van der Waals surface area contributed by atoms with Crippen molar-refractivity contribution < 1.29 is 9.63 Å². The highest BCUT2D eigenvalue weighted by Crippen LogP contribution is 2.25. The normalized spacial score (nSPS) is 11.9. The summed E-state index contributed by atoms with van der Waals surface area (Å²) in [6, 6.07) is 14.7. The van der Waals surface area contributed by atoms with Gasteiger partial charge in [0, 0.05) is 5.56 Å². The topological polar surface area (TPSA) is 59.2 Å². The fourth-order valence-electron chi connectivity index (χ4n) is 2.23. The first kappa shape index (κ1) is 16.3. The van der Waals surface area contributed by atoms with E-state index in [0.29, 0.717) is 16.8 Å². The summed E-state index contributed by atoms with van der Waals surface area (Å²) < 4.78 is 5.24. The minimum Gasteiger partial charge on any atom is -0.508 e. The van der Waals surface area contributed by atoms with E-state index in [4.69, 9.17) is 16.1 Å². The number of halogens is 1. The third kappa shape index (κ3) is 3.66. The maximum Gasteiger partial charge on any atom is 0.269 e. The van der Waals surface area contributed by atoms with E-state index < -0.39 is 0 Å². The fraction of sp³-hybridized carbons (Fsp3) is 0.158. The number of aromatic hydroxyl groups is 1. The van der Waals surface area contributed by atoms with Gasteiger partial charge in [0.25, 0.3) is 5.89 Å². The summed E-state index contributed by atoms with van der Waals surface area (Å²) >= 11 is 6.25. The van der Waals surface area contributed by atoms with Gasteiger partial charge in [-0.2, -0.15) is 4.98 Å². The number of phenolic OH excluding ortho intramolecular Hbond substituents is 1. The second kappa shape index (κ2) is 6.89. The van der Waals surface area contributed by atoms with Crippen LogP contribution in [0.4, 0.5) is 0 Å². The predicted molar refractivity (Wildman–Crippen MR) is 95.7 cm³/mol. The van der Waals surface area contributed by atoms with Crippen LogP contribution < -0.4 is 0 Å². The zero-order valence-electron chi connectivity index (χ0n) is 13.4. The molecule has 5 heteroatoms. The van der Waals surface area contributed by atoms with E-state index in [1.807, 2.05) is 12.1 Å². The highest BCUT2D eigenvalue weighted by Gasteiger charge is 2.12. The Balaban J connectivity index is 1.83. The molecule has 1 heterocycles. The van der Waals surface area contributed by atoms with Gasteiger partial charge in [0.2, 0.25) is 5.82 Å². The van der Waals surface area contributed by atoms with Crippen LogP contribution in [0.25, 0.3) is 22.5 Å². The van der Waals surface area contributed by atoms with Crippen LogP contribution in [0.5, 0.6) is 5.75 Å². The standard InChI is InChI=1S/C19H17ClN2O2/c1-12(2)14-5-7-15(8-6-14)18-21-19(24-22-18)17(20)11-13-3-9-16(23)10-4-13/h3-12,23H,1-2H3/b17-11-. The number of hydrogen-bond acceptors (Lipinski definition) is 4. The molecule has 0 aliphatic heterocycles. The van der Waals surface area contributed by atoms with Crippen molar-refractivity contribution in [3.8, 4) is 17.1 Å². The van der Waals surface area contributed by atoms with Gasteiger partial charge in [0.05, 0.1) is 0 Å². The second-order valence-electron chi connectivity index (χ2n) is 5.78. The van der Waals surface area contributed by atoms with Crippen LogP contribution in [0.2, 0.25) is 0 Å². The third-order valence-corrected chi connectivity index (χ3v) is 3.92. The van der Waals surface area contributed by atoms with Gasteiger partial charge in [-0.3, -0.25) is 0 Å². The van der Waals surface area contributed by atoms with E-state index >= 15 is 0 Å². The molecule has 122 valence electrons. The van der Waals surface area contributed by atoms with Crippen molar-refractivity contribution in [2.24, 2.45) is 0 Å². The van der Waals surface area contributed by atoms with E-state index in [1.165, 1.54) is 5.56 Å². The molecule has 0 fully saturated rings. The lowest BCUT2D eigenvalue weighted by Crippen LogP contribution is -1.87. The Hall–Kier alpha value is -2.59. The Labute approximate surface area is 145 Å². The Morgan fingerprint density at radius 1 is 1.08 bits per heavy atom. The van der Waals surface area contributed by atoms with Gasteiger partial charge >= 0.3 is 0 Å². The average molecular weight is 341 g/mol. The summed E-state index contributed by atoms with van der Waals surface area (Å²) in [7, 11) is 0. The first-order valence-electron chi connectivity index (χ1n) is 7.63. The Kier molecular flexibility index (Phi) is 4.67. The highest BCUT2D eigenvalue weighted by atomic mass is 35.5. The molecule has 3 rings (SSSR count). The molecule has 0 aliphatic carbocycles. The molecular weight excluding hydrogens is 324 g/mol. The third-order valence-electron chi connectivity index (χ3n) is 3.65. The van der Waals surface area contributed by atoms with Crippen molar-refractivity contribution in [1.82, 2.24) is 10.1 Å². The Morgan fingerprint density at radius 2 is 1.75 bits per heavy atom. The van der Waals surface area contributed by atoms with Gasteiger partial charge in [-0.15, -0.1) is 0 Å². The molecule has 2 aromatic carbocycles. The van der Waals surface area contributed by atoms with Crippen molar-refractivity contribution in [2.75, 3.05) is 0 Å². The van der Waals surface area contributed by atoms with E-state index in [1.54, 1.807) is 30.3 Å². The Bertz CT molecular complexity index is 850. The summed E-state index contributed by atoms with van der Waals surface area (Å²) in [5.74, 6) is 1.43. The summed E-state index contributed by atoms with van der Waals surface area (Å²) in [5, 5.41) is 13.6. The molecule has 0 radical (unpaired) electrons. The predicted octanol–water partition coefficient (Wildman–Crippen LogP) is 5.30. The molecule has 0 saturated carbocycles. The summed E-state index contributed by atoms with van der Waals surface area (Å²) in [5.41, 5.74) is 2.97. The van der Waals surface area contributed by atoms with Crippen LogP contribution in [-0.2, 0) is 0 Å². The summed E-state index contributed by atoms with van der Waals surface area (Å²) in [6.07, 6.45) is 1.71. The minimum atomic E-state index is 0.202. The molecule has 0 saturated heterocycles. The van der Waals surface area contributed by atoms with Crippen molar-refractivity contribution in [3.63, 3.8) is 0 Å². The number of rotatable bonds is 4. The second-order valence-corrected chi connectivity index (χ2v) is 6.19. The minimum absolute atomic E-state index is 0.202. The van der Waals surface area contributed by atoms with E-state index in [0.717, 1.165) is 11.1 Å².